The highest BCUT2D eigenvalue weighted by molar-refractivity contribution is 7.99. The van der Waals surface area contributed by atoms with E-state index in [1.165, 1.54) is 16.4 Å². The van der Waals surface area contributed by atoms with Crippen molar-refractivity contribution >= 4 is 23.6 Å². The Morgan fingerprint density at radius 2 is 2.11 bits per heavy atom. The number of aryl methyl sites for hydroxylation is 1. The topological polar surface area (TPSA) is 101 Å². The van der Waals surface area contributed by atoms with Gasteiger partial charge in [-0.3, -0.25) is 9.59 Å². The molecule has 1 aliphatic heterocycles. The fourth-order valence-corrected chi connectivity index (χ4v) is 2.69. The number of hydrogen-bond donors (Lipinski definition) is 1. The highest BCUT2D eigenvalue weighted by atomic mass is 32.2. The summed E-state index contributed by atoms with van der Waals surface area (Å²) in [6.45, 7) is 1.01. The lowest BCUT2D eigenvalue weighted by Crippen LogP contribution is -2.41. The van der Waals surface area contributed by atoms with Gasteiger partial charge in [0.15, 0.2) is 0 Å². The Kier molecular flexibility index (Phi) is 4.35. The number of nitrogens with zero attached hydrogens (tertiary/aromatic N) is 5. The van der Waals surface area contributed by atoms with E-state index in [-0.39, 0.29) is 17.6 Å². The second-order valence-electron chi connectivity index (χ2n) is 4.37. The lowest BCUT2D eigenvalue weighted by molar-refractivity contribution is -0.145. The zero-order chi connectivity index (χ0) is 13.8. The van der Waals surface area contributed by atoms with Crippen LogP contribution in [-0.4, -0.2) is 60.9 Å². The molecule has 1 saturated heterocycles. The minimum atomic E-state index is -0.772. The van der Waals surface area contributed by atoms with Gasteiger partial charge in [-0.2, -0.15) is 0 Å². The maximum Gasteiger partial charge on any atom is 0.306 e. The molecule has 19 heavy (non-hydrogen) atoms. The van der Waals surface area contributed by atoms with E-state index in [1.807, 2.05) is 0 Å². The van der Waals surface area contributed by atoms with Gasteiger partial charge in [0.1, 0.15) is 0 Å². The fourth-order valence-electron chi connectivity index (χ4n) is 1.94. The number of aromatic nitrogens is 4. The largest absolute Gasteiger partial charge is 0.481 e. The van der Waals surface area contributed by atoms with E-state index in [1.54, 1.807) is 11.9 Å². The summed E-state index contributed by atoms with van der Waals surface area (Å²) in [5.41, 5.74) is 0. The van der Waals surface area contributed by atoms with Crippen LogP contribution in [0.15, 0.2) is 5.16 Å². The zero-order valence-electron chi connectivity index (χ0n) is 10.5. The predicted molar refractivity (Wildman–Crippen MR) is 66.5 cm³/mol. The van der Waals surface area contributed by atoms with E-state index < -0.39 is 5.97 Å². The molecule has 1 aromatic heterocycles. The molecule has 1 N–H and O–H groups in total. The molecule has 1 amide bonds. The Morgan fingerprint density at radius 1 is 1.42 bits per heavy atom. The van der Waals surface area contributed by atoms with Crippen LogP contribution in [0.2, 0.25) is 0 Å². The summed E-state index contributed by atoms with van der Waals surface area (Å²) in [5, 5.41) is 20.4. The van der Waals surface area contributed by atoms with E-state index in [9.17, 15) is 9.59 Å². The number of aliphatic carboxylic acids is 1. The summed E-state index contributed by atoms with van der Waals surface area (Å²) < 4.78 is 1.51. The van der Waals surface area contributed by atoms with Gasteiger partial charge in [0.2, 0.25) is 11.1 Å². The Labute approximate surface area is 114 Å². The van der Waals surface area contributed by atoms with E-state index in [2.05, 4.69) is 15.5 Å². The van der Waals surface area contributed by atoms with Crippen LogP contribution in [0.4, 0.5) is 0 Å². The molecular weight excluding hydrogens is 270 g/mol. The van der Waals surface area contributed by atoms with Gasteiger partial charge in [0.05, 0.1) is 11.7 Å². The second-order valence-corrected chi connectivity index (χ2v) is 5.31. The van der Waals surface area contributed by atoms with Crippen molar-refractivity contribution < 1.29 is 14.7 Å². The number of carbonyl (C=O) groups excluding carboxylic acids is 1. The average molecular weight is 285 g/mol. The molecule has 9 heteroatoms. The third-order valence-corrected chi connectivity index (χ3v) is 4.10. The number of piperidine rings is 1. The van der Waals surface area contributed by atoms with Crippen molar-refractivity contribution in [3.63, 3.8) is 0 Å². The summed E-state index contributed by atoms with van der Waals surface area (Å²) in [5.74, 6) is -0.825. The van der Waals surface area contributed by atoms with Crippen LogP contribution in [0.25, 0.3) is 0 Å². The summed E-state index contributed by atoms with van der Waals surface area (Å²) in [4.78, 5) is 24.5. The first kappa shape index (κ1) is 13.8. The molecule has 2 rings (SSSR count). The lowest BCUT2D eigenvalue weighted by Gasteiger charge is -2.29. The van der Waals surface area contributed by atoms with Gasteiger partial charge in [0, 0.05) is 20.1 Å². The van der Waals surface area contributed by atoms with Crippen molar-refractivity contribution in [2.45, 2.75) is 18.0 Å². The number of carboxylic acids is 1. The molecule has 1 aliphatic rings. The predicted octanol–water partition coefficient (Wildman–Crippen LogP) is -0.375. The number of likely N-dealkylation sites (tertiary alicyclic amines) is 1. The Bertz CT molecular complexity index is 469. The van der Waals surface area contributed by atoms with Crippen LogP contribution in [0.5, 0.6) is 0 Å². The molecule has 0 radical (unpaired) electrons. The van der Waals surface area contributed by atoms with Gasteiger partial charge in [-0.1, -0.05) is 11.8 Å². The van der Waals surface area contributed by atoms with Crippen molar-refractivity contribution in [3.8, 4) is 0 Å². The molecule has 0 aliphatic carbocycles. The Hall–Kier alpha value is -1.64. The first-order valence-electron chi connectivity index (χ1n) is 5.93. The van der Waals surface area contributed by atoms with Crippen LogP contribution >= 0.6 is 11.8 Å². The first-order valence-corrected chi connectivity index (χ1v) is 6.92. The summed E-state index contributed by atoms with van der Waals surface area (Å²) in [7, 11) is 1.71. The minimum absolute atomic E-state index is 0.00293. The summed E-state index contributed by atoms with van der Waals surface area (Å²) in [6, 6.07) is 0. The second kappa shape index (κ2) is 6.00. The highest BCUT2D eigenvalue weighted by Crippen LogP contribution is 2.19. The molecule has 0 aromatic carbocycles. The molecule has 8 nitrogen and oxygen atoms in total. The molecule has 0 unspecified atom stereocenters. The third-order valence-electron chi connectivity index (χ3n) is 3.10. The van der Waals surface area contributed by atoms with Gasteiger partial charge >= 0.3 is 5.97 Å². The maximum absolute atomic E-state index is 12.0. The van der Waals surface area contributed by atoms with Crippen LogP contribution < -0.4 is 0 Å². The number of tetrazole rings is 1. The molecule has 104 valence electrons. The van der Waals surface area contributed by atoms with Gasteiger partial charge in [0.25, 0.3) is 0 Å². The number of amides is 1. The molecule has 0 saturated carbocycles. The van der Waals surface area contributed by atoms with Crippen molar-refractivity contribution in [1.82, 2.24) is 25.1 Å². The van der Waals surface area contributed by atoms with E-state index in [4.69, 9.17) is 5.11 Å². The molecule has 0 atom stereocenters. The van der Waals surface area contributed by atoms with Crippen LogP contribution in [0.3, 0.4) is 0 Å². The number of thioether (sulfide) groups is 1. The molecule has 0 spiro atoms. The van der Waals surface area contributed by atoms with Gasteiger partial charge in [-0.15, -0.1) is 5.10 Å². The van der Waals surface area contributed by atoms with E-state index in [0.717, 1.165) is 0 Å². The van der Waals surface area contributed by atoms with Crippen molar-refractivity contribution in [2.24, 2.45) is 13.0 Å². The lowest BCUT2D eigenvalue weighted by atomic mass is 9.97. The van der Waals surface area contributed by atoms with Crippen LogP contribution in [-0.2, 0) is 16.6 Å². The SMILES string of the molecule is Cn1nnnc1SCC(=O)N1CCC(C(=O)O)CC1. The average Bonchev–Trinajstić information content (AvgIpc) is 2.81. The normalized spacial score (nSPS) is 16.6. The minimum Gasteiger partial charge on any atom is -0.481 e. The van der Waals surface area contributed by atoms with Gasteiger partial charge in [-0.25, -0.2) is 4.68 Å². The standard InChI is InChI=1S/C10H15N5O3S/c1-14-10(11-12-13-14)19-6-8(16)15-4-2-7(3-5-15)9(17)18/h7H,2-6H2,1H3,(H,17,18). The molecule has 1 aromatic rings. The first-order chi connectivity index (χ1) is 9.08. The van der Waals surface area contributed by atoms with Crippen molar-refractivity contribution in [1.29, 1.82) is 0 Å². The number of hydrogen-bond acceptors (Lipinski definition) is 6. The monoisotopic (exact) mass is 285 g/mol. The third kappa shape index (κ3) is 3.43. The molecular formula is C10H15N5O3S. The smallest absolute Gasteiger partial charge is 0.306 e. The zero-order valence-corrected chi connectivity index (χ0v) is 11.3. The van der Waals surface area contributed by atoms with Crippen LogP contribution in [0, 0.1) is 5.92 Å². The van der Waals surface area contributed by atoms with Crippen molar-refractivity contribution in [2.75, 3.05) is 18.8 Å². The van der Waals surface area contributed by atoms with Gasteiger partial charge in [-0.05, 0) is 23.3 Å². The fraction of sp³-hybridized carbons (Fsp3) is 0.700. The van der Waals surface area contributed by atoms with E-state index >= 15 is 0 Å². The Balaban J connectivity index is 1.79. The number of carbonyl (C=O) groups is 2. The molecule has 2 heterocycles. The number of rotatable bonds is 4. The molecule has 0 bridgehead atoms. The Morgan fingerprint density at radius 3 is 2.63 bits per heavy atom. The quantitative estimate of drug-likeness (QED) is 0.753. The number of carboxylic acid groups (broad SMARTS) is 1. The van der Waals surface area contributed by atoms with Crippen molar-refractivity contribution in [3.05, 3.63) is 0 Å². The van der Waals surface area contributed by atoms with Crippen LogP contribution in [0.1, 0.15) is 12.8 Å². The highest BCUT2D eigenvalue weighted by Gasteiger charge is 2.26. The van der Waals surface area contributed by atoms with Gasteiger partial charge < -0.3 is 10.0 Å². The summed E-state index contributed by atoms with van der Waals surface area (Å²) >= 11 is 1.28. The summed E-state index contributed by atoms with van der Waals surface area (Å²) in [6.07, 6.45) is 1.05. The maximum atomic E-state index is 12.0. The van der Waals surface area contributed by atoms with E-state index in [0.29, 0.717) is 31.1 Å². The molecule has 1 fully saturated rings.